The minimum atomic E-state index is -0.536. The van der Waals surface area contributed by atoms with Crippen LogP contribution < -0.4 is 5.32 Å². The molecule has 0 fully saturated rings. The lowest BCUT2D eigenvalue weighted by molar-refractivity contribution is -0.112. The summed E-state index contributed by atoms with van der Waals surface area (Å²) in [6.07, 6.45) is 3.51. The molecule has 1 amide bonds. The van der Waals surface area contributed by atoms with Crippen molar-refractivity contribution in [2.75, 3.05) is 11.6 Å². The van der Waals surface area contributed by atoms with Gasteiger partial charge in [0.15, 0.2) is 0 Å². The fourth-order valence-electron chi connectivity index (χ4n) is 1.80. The van der Waals surface area contributed by atoms with Crippen molar-refractivity contribution in [3.8, 4) is 6.07 Å². The highest BCUT2D eigenvalue weighted by atomic mass is 35.5. The highest BCUT2D eigenvalue weighted by molar-refractivity contribution is 7.98. The van der Waals surface area contributed by atoms with Crippen molar-refractivity contribution in [1.82, 2.24) is 0 Å². The van der Waals surface area contributed by atoms with Gasteiger partial charge in [0.1, 0.15) is 11.6 Å². The zero-order chi connectivity index (χ0) is 16.8. The van der Waals surface area contributed by atoms with E-state index in [9.17, 15) is 10.1 Å². The van der Waals surface area contributed by atoms with Crippen LogP contribution in [0.2, 0.25) is 10.0 Å². The Labute approximate surface area is 148 Å². The average molecular weight is 363 g/mol. The third-order valence-electron chi connectivity index (χ3n) is 2.97. The Morgan fingerprint density at radius 2 is 1.91 bits per heavy atom. The first-order valence-corrected chi connectivity index (χ1v) is 8.54. The van der Waals surface area contributed by atoms with Gasteiger partial charge < -0.3 is 5.32 Å². The SMILES string of the molecule is CSc1ccc(/C=C(/C#N)C(=O)Nc2cc(Cl)ccc2Cl)cc1. The normalized spacial score (nSPS) is 11.0. The Kier molecular flexibility index (Phi) is 6.12. The van der Waals surface area contributed by atoms with Crippen LogP contribution in [-0.4, -0.2) is 12.2 Å². The third-order valence-corrected chi connectivity index (χ3v) is 4.28. The first-order valence-electron chi connectivity index (χ1n) is 6.55. The standard InChI is InChI=1S/C17H12Cl2N2OS/c1-23-14-5-2-11(3-6-14)8-12(10-20)17(22)21-16-9-13(18)4-7-15(16)19/h2-9H,1H3,(H,21,22)/b12-8-. The van der Waals surface area contributed by atoms with E-state index in [1.54, 1.807) is 23.9 Å². The number of rotatable bonds is 4. The van der Waals surface area contributed by atoms with E-state index >= 15 is 0 Å². The predicted molar refractivity (Wildman–Crippen MR) is 96.9 cm³/mol. The van der Waals surface area contributed by atoms with E-state index in [1.807, 2.05) is 36.6 Å². The Bertz CT molecular complexity index is 795. The molecule has 0 heterocycles. The number of benzene rings is 2. The van der Waals surface area contributed by atoms with Gasteiger partial charge in [0, 0.05) is 9.92 Å². The van der Waals surface area contributed by atoms with Crippen molar-refractivity contribution in [3.05, 3.63) is 63.6 Å². The number of carbonyl (C=O) groups is 1. The highest BCUT2D eigenvalue weighted by Crippen LogP contribution is 2.26. The number of nitriles is 1. The molecule has 116 valence electrons. The smallest absolute Gasteiger partial charge is 0.266 e. The van der Waals surface area contributed by atoms with Gasteiger partial charge in [-0.25, -0.2) is 0 Å². The number of hydrogen-bond donors (Lipinski definition) is 1. The predicted octanol–water partition coefficient (Wildman–Crippen LogP) is 5.26. The zero-order valence-corrected chi connectivity index (χ0v) is 14.5. The number of nitrogens with one attached hydrogen (secondary N) is 1. The summed E-state index contributed by atoms with van der Waals surface area (Å²) in [5, 5.41) is 12.6. The van der Waals surface area contributed by atoms with Crippen LogP contribution in [0.3, 0.4) is 0 Å². The van der Waals surface area contributed by atoms with Crippen molar-refractivity contribution in [2.24, 2.45) is 0 Å². The van der Waals surface area contributed by atoms with Crippen LogP contribution in [0.1, 0.15) is 5.56 Å². The van der Waals surface area contributed by atoms with Crippen LogP contribution >= 0.6 is 35.0 Å². The lowest BCUT2D eigenvalue weighted by Crippen LogP contribution is -2.13. The first kappa shape index (κ1) is 17.4. The lowest BCUT2D eigenvalue weighted by Gasteiger charge is -2.07. The van der Waals surface area contributed by atoms with Gasteiger partial charge in [0.25, 0.3) is 5.91 Å². The maximum atomic E-state index is 12.2. The summed E-state index contributed by atoms with van der Waals surface area (Å²) < 4.78 is 0. The molecule has 23 heavy (non-hydrogen) atoms. The molecular weight excluding hydrogens is 351 g/mol. The summed E-state index contributed by atoms with van der Waals surface area (Å²) in [6.45, 7) is 0. The van der Waals surface area contributed by atoms with Crippen LogP contribution in [0.5, 0.6) is 0 Å². The second-order valence-electron chi connectivity index (χ2n) is 4.52. The van der Waals surface area contributed by atoms with Crippen LogP contribution in [0, 0.1) is 11.3 Å². The molecule has 3 nitrogen and oxygen atoms in total. The van der Waals surface area contributed by atoms with Crippen molar-refractivity contribution in [1.29, 1.82) is 5.26 Å². The van der Waals surface area contributed by atoms with Crippen molar-refractivity contribution in [2.45, 2.75) is 4.90 Å². The maximum absolute atomic E-state index is 12.2. The van der Waals surface area contributed by atoms with Gasteiger partial charge in [0.2, 0.25) is 0 Å². The molecule has 1 N–H and O–H groups in total. The molecule has 0 unspecified atom stereocenters. The van der Waals surface area contributed by atoms with Gasteiger partial charge in [-0.1, -0.05) is 35.3 Å². The summed E-state index contributed by atoms with van der Waals surface area (Å²) in [5.74, 6) is -0.536. The van der Waals surface area contributed by atoms with E-state index in [-0.39, 0.29) is 5.57 Å². The number of thioether (sulfide) groups is 1. The molecule has 0 aromatic heterocycles. The third kappa shape index (κ3) is 4.77. The van der Waals surface area contributed by atoms with Gasteiger partial charge in [-0.05, 0) is 48.2 Å². The molecule has 0 atom stereocenters. The molecule has 2 rings (SSSR count). The maximum Gasteiger partial charge on any atom is 0.266 e. The Hall–Kier alpha value is -1.93. The number of amides is 1. The van der Waals surface area contributed by atoms with Crippen LogP contribution in [0.4, 0.5) is 5.69 Å². The molecule has 2 aromatic rings. The van der Waals surface area contributed by atoms with E-state index in [0.29, 0.717) is 15.7 Å². The Morgan fingerprint density at radius 1 is 1.22 bits per heavy atom. The monoisotopic (exact) mass is 362 g/mol. The quantitative estimate of drug-likeness (QED) is 0.458. The molecule has 0 aliphatic rings. The summed E-state index contributed by atoms with van der Waals surface area (Å²) in [4.78, 5) is 13.3. The van der Waals surface area contributed by atoms with Crippen molar-refractivity contribution in [3.63, 3.8) is 0 Å². The minimum absolute atomic E-state index is 0.0158. The minimum Gasteiger partial charge on any atom is -0.320 e. The molecule has 0 spiro atoms. The number of anilines is 1. The molecular formula is C17H12Cl2N2OS. The first-order chi connectivity index (χ1) is 11.0. The van der Waals surface area contributed by atoms with E-state index < -0.39 is 5.91 Å². The average Bonchev–Trinajstić information content (AvgIpc) is 2.56. The molecule has 0 radical (unpaired) electrons. The second kappa shape index (κ2) is 8.07. The summed E-state index contributed by atoms with van der Waals surface area (Å²) >= 11 is 13.5. The summed E-state index contributed by atoms with van der Waals surface area (Å²) in [7, 11) is 0. The number of carbonyl (C=O) groups excluding carboxylic acids is 1. The molecule has 0 bridgehead atoms. The summed E-state index contributed by atoms with van der Waals surface area (Å²) in [5.41, 5.74) is 1.12. The fraction of sp³-hybridized carbons (Fsp3) is 0.0588. The molecule has 6 heteroatoms. The summed E-state index contributed by atoms with van der Waals surface area (Å²) in [6, 6.07) is 14.2. The van der Waals surface area contributed by atoms with Gasteiger partial charge in [-0.3, -0.25) is 4.79 Å². The lowest BCUT2D eigenvalue weighted by atomic mass is 10.1. The molecule has 0 aliphatic carbocycles. The highest BCUT2D eigenvalue weighted by Gasteiger charge is 2.12. The van der Waals surface area contributed by atoms with E-state index in [1.165, 1.54) is 12.1 Å². The van der Waals surface area contributed by atoms with Crippen molar-refractivity contribution >= 4 is 52.6 Å². The Morgan fingerprint density at radius 3 is 2.52 bits per heavy atom. The van der Waals surface area contributed by atoms with Gasteiger partial charge in [-0.15, -0.1) is 11.8 Å². The van der Waals surface area contributed by atoms with Crippen LogP contribution in [0.15, 0.2) is 52.9 Å². The van der Waals surface area contributed by atoms with Crippen LogP contribution in [0.25, 0.3) is 6.08 Å². The second-order valence-corrected chi connectivity index (χ2v) is 6.24. The van der Waals surface area contributed by atoms with Gasteiger partial charge in [0.05, 0.1) is 10.7 Å². The zero-order valence-electron chi connectivity index (χ0n) is 12.1. The van der Waals surface area contributed by atoms with Crippen LogP contribution in [-0.2, 0) is 4.79 Å². The Balaban J connectivity index is 2.22. The molecule has 0 aliphatic heterocycles. The van der Waals surface area contributed by atoms with Gasteiger partial charge >= 0.3 is 0 Å². The molecule has 2 aromatic carbocycles. The van der Waals surface area contributed by atoms with Crippen molar-refractivity contribution < 1.29 is 4.79 Å². The fourth-order valence-corrected chi connectivity index (χ4v) is 2.54. The largest absolute Gasteiger partial charge is 0.320 e. The number of hydrogen-bond acceptors (Lipinski definition) is 3. The van der Waals surface area contributed by atoms with E-state index in [0.717, 1.165) is 10.5 Å². The number of halogens is 2. The number of nitrogens with zero attached hydrogens (tertiary/aromatic N) is 1. The van der Waals surface area contributed by atoms with E-state index in [2.05, 4.69) is 5.32 Å². The van der Waals surface area contributed by atoms with E-state index in [4.69, 9.17) is 23.2 Å². The van der Waals surface area contributed by atoms with Gasteiger partial charge in [-0.2, -0.15) is 5.26 Å². The molecule has 0 saturated heterocycles. The molecule has 0 saturated carbocycles. The topological polar surface area (TPSA) is 52.9 Å².